The Morgan fingerprint density at radius 3 is 2.58 bits per heavy atom. The van der Waals surface area contributed by atoms with Crippen molar-refractivity contribution < 1.29 is 18.0 Å². The minimum atomic E-state index is -0.629. The summed E-state index contributed by atoms with van der Waals surface area (Å²) >= 11 is 0. The molecule has 1 fully saturated rings. The number of para-hydroxylation sites is 1. The molecule has 2 heterocycles. The molecule has 0 bridgehead atoms. The zero-order chi connectivity index (χ0) is 17.1. The van der Waals surface area contributed by atoms with E-state index < -0.39 is 23.5 Å². The third kappa shape index (κ3) is 3.58. The fraction of sp³-hybridized carbons (Fsp3) is 0.250. The van der Waals surface area contributed by atoms with Crippen LogP contribution in [-0.4, -0.2) is 30.1 Å². The number of amides is 2. The Kier molecular flexibility index (Phi) is 4.54. The highest BCUT2D eigenvalue weighted by Gasteiger charge is 2.27. The topological polar surface area (TPSA) is 57.3 Å². The minimum Gasteiger partial charge on any atom is -0.365 e. The van der Waals surface area contributed by atoms with Crippen LogP contribution in [0.5, 0.6) is 0 Å². The molecule has 126 valence electrons. The van der Waals surface area contributed by atoms with E-state index in [1.54, 1.807) is 4.90 Å². The Balaban J connectivity index is 1.58. The van der Waals surface area contributed by atoms with E-state index in [0.717, 1.165) is 6.20 Å². The Morgan fingerprint density at radius 1 is 1.17 bits per heavy atom. The lowest BCUT2D eigenvalue weighted by atomic mass is 10.2. The normalized spacial score (nSPS) is 17.0. The smallest absolute Gasteiger partial charge is 0.320 e. The van der Waals surface area contributed by atoms with E-state index in [4.69, 9.17) is 0 Å². The van der Waals surface area contributed by atoms with Crippen molar-refractivity contribution in [2.75, 3.05) is 23.3 Å². The van der Waals surface area contributed by atoms with Gasteiger partial charge in [-0.15, -0.1) is 0 Å². The van der Waals surface area contributed by atoms with Crippen molar-refractivity contribution in [3.05, 3.63) is 54.0 Å². The van der Waals surface area contributed by atoms with Gasteiger partial charge in [-0.2, -0.15) is 0 Å². The molecule has 24 heavy (non-hydrogen) atoms. The first kappa shape index (κ1) is 16.1. The van der Waals surface area contributed by atoms with Crippen LogP contribution in [0, 0.1) is 17.5 Å². The Bertz CT molecular complexity index is 718. The van der Waals surface area contributed by atoms with Gasteiger partial charge in [0, 0.05) is 19.1 Å². The molecule has 1 unspecified atom stereocenters. The summed E-state index contributed by atoms with van der Waals surface area (Å²) in [5.41, 5.74) is -0.0811. The number of halogens is 3. The summed E-state index contributed by atoms with van der Waals surface area (Å²) < 4.78 is 40.3. The first-order valence-corrected chi connectivity index (χ1v) is 7.41. The van der Waals surface area contributed by atoms with Crippen LogP contribution in [0.4, 0.5) is 29.5 Å². The van der Waals surface area contributed by atoms with Crippen LogP contribution in [-0.2, 0) is 0 Å². The zero-order valence-electron chi connectivity index (χ0n) is 12.6. The van der Waals surface area contributed by atoms with Crippen molar-refractivity contribution in [2.45, 2.75) is 12.5 Å². The van der Waals surface area contributed by atoms with Crippen molar-refractivity contribution in [3.63, 3.8) is 0 Å². The maximum Gasteiger partial charge on any atom is 0.320 e. The fourth-order valence-electron chi connectivity index (χ4n) is 2.66. The number of rotatable bonds is 3. The monoisotopic (exact) mass is 336 g/mol. The number of pyridine rings is 1. The number of carbonyl (C=O) groups excluding carboxylic acids is 1. The van der Waals surface area contributed by atoms with Crippen LogP contribution in [0.3, 0.4) is 0 Å². The molecule has 1 saturated heterocycles. The predicted octanol–water partition coefficient (Wildman–Crippen LogP) is 2.90. The molecule has 2 amide bonds. The largest absolute Gasteiger partial charge is 0.365 e. The number of hydrogen-bond donors (Lipinski definition) is 2. The van der Waals surface area contributed by atoms with Crippen LogP contribution in [0.2, 0.25) is 0 Å². The fourth-order valence-corrected chi connectivity index (χ4v) is 2.66. The van der Waals surface area contributed by atoms with Crippen molar-refractivity contribution in [1.82, 2.24) is 10.3 Å². The molecule has 0 radical (unpaired) electrons. The third-order valence-electron chi connectivity index (χ3n) is 3.75. The maximum atomic E-state index is 13.8. The summed E-state index contributed by atoms with van der Waals surface area (Å²) in [5, 5.41) is 5.19. The van der Waals surface area contributed by atoms with E-state index in [0.29, 0.717) is 19.5 Å². The van der Waals surface area contributed by atoms with Gasteiger partial charge in [0.2, 0.25) is 0 Å². The number of benzene rings is 1. The summed E-state index contributed by atoms with van der Waals surface area (Å²) in [7, 11) is 0. The van der Waals surface area contributed by atoms with Gasteiger partial charge in [0.1, 0.15) is 29.0 Å². The molecule has 1 aromatic heterocycles. The molecule has 1 aliphatic rings. The van der Waals surface area contributed by atoms with Crippen LogP contribution < -0.4 is 15.5 Å². The van der Waals surface area contributed by atoms with E-state index in [1.807, 2.05) is 0 Å². The average molecular weight is 336 g/mol. The van der Waals surface area contributed by atoms with E-state index >= 15 is 0 Å². The van der Waals surface area contributed by atoms with Crippen LogP contribution in [0.25, 0.3) is 0 Å². The Morgan fingerprint density at radius 2 is 1.92 bits per heavy atom. The molecule has 2 aromatic rings. The van der Waals surface area contributed by atoms with Crippen molar-refractivity contribution in [1.29, 1.82) is 0 Å². The van der Waals surface area contributed by atoms with Gasteiger partial charge in [-0.3, -0.25) is 5.32 Å². The second kappa shape index (κ2) is 6.77. The van der Waals surface area contributed by atoms with Gasteiger partial charge in [-0.1, -0.05) is 6.07 Å². The number of aromatic nitrogens is 1. The first-order chi connectivity index (χ1) is 11.5. The lowest BCUT2D eigenvalue weighted by molar-refractivity contribution is 0.249. The van der Waals surface area contributed by atoms with Crippen molar-refractivity contribution in [2.24, 2.45) is 0 Å². The molecule has 3 rings (SSSR count). The van der Waals surface area contributed by atoms with E-state index in [1.165, 1.54) is 30.3 Å². The van der Waals surface area contributed by atoms with Crippen LogP contribution >= 0.6 is 0 Å². The number of anilines is 2. The van der Waals surface area contributed by atoms with E-state index in [9.17, 15) is 18.0 Å². The summed E-state index contributed by atoms with van der Waals surface area (Å²) in [6.07, 6.45) is 1.55. The molecule has 2 N–H and O–H groups in total. The van der Waals surface area contributed by atoms with E-state index in [2.05, 4.69) is 15.6 Å². The molecule has 1 aliphatic heterocycles. The second-order valence-electron chi connectivity index (χ2n) is 5.46. The molecular formula is C16H15F3N4O. The van der Waals surface area contributed by atoms with Crippen molar-refractivity contribution in [3.8, 4) is 0 Å². The number of hydrogen-bond acceptors (Lipinski definition) is 3. The predicted molar refractivity (Wildman–Crippen MR) is 83.3 cm³/mol. The van der Waals surface area contributed by atoms with Gasteiger partial charge in [-0.25, -0.2) is 22.9 Å². The zero-order valence-corrected chi connectivity index (χ0v) is 12.6. The highest BCUT2D eigenvalue weighted by atomic mass is 19.1. The molecule has 1 aromatic carbocycles. The van der Waals surface area contributed by atoms with Gasteiger partial charge in [-0.05, 0) is 30.7 Å². The molecule has 0 saturated carbocycles. The molecule has 8 heteroatoms. The van der Waals surface area contributed by atoms with Crippen LogP contribution in [0.1, 0.15) is 6.42 Å². The molecular weight excluding hydrogens is 321 g/mol. The minimum absolute atomic E-state index is 0.0811. The van der Waals surface area contributed by atoms with Gasteiger partial charge in [0.15, 0.2) is 0 Å². The highest BCUT2D eigenvalue weighted by Crippen LogP contribution is 2.26. The van der Waals surface area contributed by atoms with Gasteiger partial charge in [0.25, 0.3) is 0 Å². The second-order valence-corrected chi connectivity index (χ2v) is 5.46. The van der Waals surface area contributed by atoms with Crippen molar-refractivity contribution >= 4 is 17.5 Å². The van der Waals surface area contributed by atoms with Crippen LogP contribution in [0.15, 0.2) is 36.5 Å². The molecule has 0 aliphatic carbocycles. The SMILES string of the molecule is O=C(Nc1ccc(F)cn1)NC1CCN(c2c(F)cccc2F)C1. The van der Waals surface area contributed by atoms with Gasteiger partial charge >= 0.3 is 6.03 Å². The number of nitrogens with one attached hydrogen (secondary N) is 2. The summed E-state index contributed by atoms with van der Waals surface area (Å²) in [6.45, 7) is 0.722. The third-order valence-corrected chi connectivity index (χ3v) is 3.75. The summed E-state index contributed by atoms with van der Waals surface area (Å²) in [4.78, 5) is 17.2. The van der Waals surface area contributed by atoms with E-state index in [-0.39, 0.29) is 17.5 Å². The quantitative estimate of drug-likeness (QED) is 0.906. The molecule has 5 nitrogen and oxygen atoms in total. The molecule has 0 spiro atoms. The Hall–Kier alpha value is -2.77. The first-order valence-electron chi connectivity index (χ1n) is 7.41. The van der Waals surface area contributed by atoms with Gasteiger partial charge < -0.3 is 10.2 Å². The lowest BCUT2D eigenvalue weighted by Gasteiger charge is -2.20. The highest BCUT2D eigenvalue weighted by molar-refractivity contribution is 5.88. The van der Waals surface area contributed by atoms with Gasteiger partial charge in [0.05, 0.1) is 6.20 Å². The standard InChI is InChI=1S/C16H15F3N4O/c17-10-4-5-14(20-8-10)22-16(24)21-11-6-7-23(9-11)15-12(18)2-1-3-13(15)19/h1-5,8,11H,6-7,9H2,(H2,20,21,22,24). The number of urea groups is 1. The average Bonchev–Trinajstić information content (AvgIpc) is 2.97. The summed E-state index contributed by atoms with van der Waals surface area (Å²) in [5.74, 6) is -1.55. The lowest BCUT2D eigenvalue weighted by Crippen LogP contribution is -2.40. The summed E-state index contributed by atoms with van der Waals surface area (Å²) in [6, 6.07) is 5.46. The number of carbonyl (C=O) groups is 1. The number of nitrogens with zero attached hydrogens (tertiary/aromatic N) is 2. The maximum absolute atomic E-state index is 13.8. The Labute approximate surface area is 136 Å². The molecule has 1 atom stereocenters.